The summed E-state index contributed by atoms with van der Waals surface area (Å²) in [7, 11) is 0. The van der Waals surface area contributed by atoms with Gasteiger partial charge in [0.05, 0.1) is 0 Å². The number of anilines is 1. The summed E-state index contributed by atoms with van der Waals surface area (Å²) in [6.45, 7) is 11.3. The van der Waals surface area contributed by atoms with E-state index in [1.54, 1.807) is 17.8 Å². The molecule has 0 saturated carbocycles. The van der Waals surface area contributed by atoms with E-state index >= 15 is 0 Å². The van der Waals surface area contributed by atoms with Crippen LogP contribution in [0.2, 0.25) is 0 Å². The Morgan fingerprint density at radius 1 is 1.18 bits per heavy atom. The van der Waals surface area contributed by atoms with Gasteiger partial charge in [0, 0.05) is 42.0 Å². The van der Waals surface area contributed by atoms with E-state index in [9.17, 15) is 9.18 Å². The minimum absolute atomic E-state index is 0.165. The predicted octanol–water partition coefficient (Wildman–Crippen LogP) is 6.51. The molecule has 1 aliphatic rings. The van der Waals surface area contributed by atoms with E-state index in [-0.39, 0.29) is 6.03 Å². The molecule has 0 aliphatic carbocycles. The van der Waals surface area contributed by atoms with Crippen LogP contribution in [0.15, 0.2) is 75.9 Å². The highest BCUT2D eigenvalue weighted by Gasteiger charge is 2.14. The molecule has 180 valence electrons. The molecule has 2 rings (SSSR count). The lowest BCUT2D eigenvalue weighted by Gasteiger charge is -2.24. The molecule has 0 spiro atoms. The molecule has 1 aromatic rings. The standard InChI is InChI=1S/C25H34BrFN4OS/c1-21(27)8-3-6-19-33-20-22(2)31-16-7-15-30(17-18-31)14-5-4-13-28-25(32)29-24-11-9-23(26)10-12-24/h3,6,8-12,19-20H,1,4-5,7,13-18H2,2H3,(H2,28,29,32)/b8-3-,19-6+,22-20+. The zero-order valence-electron chi connectivity index (χ0n) is 19.2. The molecule has 2 amide bonds. The Labute approximate surface area is 210 Å². The van der Waals surface area contributed by atoms with E-state index in [0.717, 1.165) is 62.1 Å². The lowest BCUT2D eigenvalue weighted by Crippen LogP contribution is -2.32. The van der Waals surface area contributed by atoms with Crippen LogP contribution in [0.5, 0.6) is 0 Å². The highest BCUT2D eigenvalue weighted by molar-refractivity contribution is 9.10. The van der Waals surface area contributed by atoms with Crippen LogP contribution in [-0.2, 0) is 0 Å². The second-order valence-corrected chi connectivity index (χ2v) is 9.50. The van der Waals surface area contributed by atoms with Gasteiger partial charge < -0.3 is 20.4 Å². The summed E-state index contributed by atoms with van der Waals surface area (Å²) < 4.78 is 13.5. The van der Waals surface area contributed by atoms with Crippen LogP contribution in [0.4, 0.5) is 14.9 Å². The smallest absolute Gasteiger partial charge is 0.319 e. The molecular formula is C25H34BrFN4OS. The number of thioether (sulfide) groups is 1. The molecule has 0 atom stereocenters. The molecule has 0 unspecified atom stereocenters. The summed E-state index contributed by atoms with van der Waals surface area (Å²) in [5.74, 6) is -0.441. The van der Waals surface area contributed by atoms with Gasteiger partial charge in [-0.05, 0) is 80.4 Å². The van der Waals surface area contributed by atoms with Gasteiger partial charge in [-0.25, -0.2) is 9.18 Å². The summed E-state index contributed by atoms with van der Waals surface area (Å²) in [6, 6.07) is 7.36. The summed E-state index contributed by atoms with van der Waals surface area (Å²) in [4.78, 5) is 16.9. The fourth-order valence-corrected chi connectivity index (χ4v) is 4.25. The van der Waals surface area contributed by atoms with E-state index in [2.05, 4.69) is 55.3 Å². The first-order valence-corrected chi connectivity index (χ1v) is 12.9. The number of carbonyl (C=O) groups excluding carboxylic acids is 1. The van der Waals surface area contributed by atoms with E-state index in [4.69, 9.17) is 0 Å². The van der Waals surface area contributed by atoms with Gasteiger partial charge in [-0.1, -0.05) is 34.7 Å². The normalized spacial score (nSPS) is 15.7. The lowest BCUT2D eigenvalue weighted by molar-refractivity contribution is 0.250. The molecule has 2 N–H and O–H groups in total. The first-order chi connectivity index (χ1) is 15.9. The minimum Gasteiger partial charge on any atom is -0.373 e. The minimum atomic E-state index is -0.441. The molecule has 1 aromatic carbocycles. The highest BCUT2D eigenvalue weighted by Crippen LogP contribution is 2.16. The molecule has 1 fully saturated rings. The number of nitrogens with zero attached hydrogens (tertiary/aromatic N) is 2. The van der Waals surface area contributed by atoms with Crippen molar-refractivity contribution in [2.45, 2.75) is 26.2 Å². The quantitative estimate of drug-likeness (QED) is 0.250. The molecule has 1 heterocycles. The first kappa shape index (κ1) is 27.2. The van der Waals surface area contributed by atoms with E-state index in [1.807, 2.05) is 35.7 Å². The number of amides is 2. The summed E-state index contributed by atoms with van der Waals surface area (Å²) in [5, 5.41) is 9.83. The van der Waals surface area contributed by atoms with Gasteiger partial charge in [0.2, 0.25) is 0 Å². The lowest BCUT2D eigenvalue weighted by atomic mass is 10.2. The molecule has 1 saturated heterocycles. The van der Waals surface area contributed by atoms with Crippen LogP contribution in [0, 0.1) is 0 Å². The first-order valence-electron chi connectivity index (χ1n) is 11.2. The molecule has 0 radical (unpaired) electrons. The van der Waals surface area contributed by atoms with Crippen molar-refractivity contribution in [1.82, 2.24) is 15.1 Å². The summed E-state index contributed by atoms with van der Waals surface area (Å²) in [5.41, 5.74) is 2.04. The van der Waals surface area contributed by atoms with Crippen LogP contribution in [0.1, 0.15) is 26.2 Å². The van der Waals surface area contributed by atoms with Gasteiger partial charge in [-0.15, -0.1) is 11.8 Å². The number of carbonyl (C=O) groups is 1. The molecule has 5 nitrogen and oxygen atoms in total. The Kier molecular flexibility index (Phi) is 13.0. The van der Waals surface area contributed by atoms with Crippen LogP contribution in [0.25, 0.3) is 0 Å². The Balaban J connectivity index is 1.59. The average Bonchev–Trinajstić information content (AvgIpc) is 3.03. The highest BCUT2D eigenvalue weighted by atomic mass is 79.9. The van der Waals surface area contributed by atoms with E-state index < -0.39 is 5.83 Å². The van der Waals surface area contributed by atoms with Crippen LogP contribution >= 0.6 is 27.7 Å². The average molecular weight is 538 g/mol. The number of urea groups is 1. The molecule has 8 heteroatoms. The number of allylic oxidation sites excluding steroid dienone is 5. The third kappa shape index (κ3) is 12.1. The maximum absolute atomic E-state index is 12.5. The second-order valence-electron chi connectivity index (χ2n) is 7.81. The SMILES string of the molecule is C=C(F)/C=C\C=C\S/C=C(\C)N1CCCN(CCCCNC(=O)Nc2ccc(Br)cc2)CC1. The van der Waals surface area contributed by atoms with Gasteiger partial charge in [-0.2, -0.15) is 0 Å². The van der Waals surface area contributed by atoms with Gasteiger partial charge in [-0.3, -0.25) is 0 Å². The van der Waals surface area contributed by atoms with Crippen molar-refractivity contribution in [3.05, 3.63) is 75.9 Å². The number of unbranched alkanes of at least 4 members (excludes halogenated alkanes) is 1. The fraction of sp³-hybridized carbons (Fsp3) is 0.400. The van der Waals surface area contributed by atoms with Gasteiger partial charge >= 0.3 is 6.03 Å². The molecule has 1 aliphatic heterocycles. The molecule has 0 aromatic heterocycles. The zero-order chi connectivity index (χ0) is 23.9. The van der Waals surface area contributed by atoms with Crippen molar-refractivity contribution in [3.63, 3.8) is 0 Å². The monoisotopic (exact) mass is 536 g/mol. The Morgan fingerprint density at radius 2 is 1.97 bits per heavy atom. The van der Waals surface area contributed by atoms with Crippen molar-refractivity contribution in [2.24, 2.45) is 0 Å². The Morgan fingerprint density at radius 3 is 2.73 bits per heavy atom. The largest absolute Gasteiger partial charge is 0.373 e. The van der Waals surface area contributed by atoms with Crippen LogP contribution in [-0.4, -0.2) is 55.1 Å². The third-order valence-electron chi connectivity index (χ3n) is 5.16. The Hall–Kier alpha value is -2.03. The Bertz CT molecular complexity index is 841. The van der Waals surface area contributed by atoms with Gasteiger partial charge in [0.25, 0.3) is 0 Å². The van der Waals surface area contributed by atoms with Crippen molar-refractivity contribution in [3.8, 4) is 0 Å². The number of hydrogen-bond acceptors (Lipinski definition) is 4. The maximum Gasteiger partial charge on any atom is 0.319 e. The second kappa shape index (κ2) is 15.7. The van der Waals surface area contributed by atoms with Crippen molar-refractivity contribution < 1.29 is 9.18 Å². The number of halogens is 2. The van der Waals surface area contributed by atoms with Crippen LogP contribution < -0.4 is 10.6 Å². The fourth-order valence-electron chi connectivity index (χ4n) is 3.38. The number of benzene rings is 1. The molecule has 33 heavy (non-hydrogen) atoms. The van der Waals surface area contributed by atoms with Gasteiger partial charge in [0.15, 0.2) is 0 Å². The van der Waals surface area contributed by atoms with Crippen molar-refractivity contribution in [1.29, 1.82) is 0 Å². The van der Waals surface area contributed by atoms with Crippen LogP contribution in [0.3, 0.4) is 0 Å². The predicted molar refractivity (Wildman–Crippen MR) is 143 cm³/mol. The number of rotatable bonds is 11. The number of nitrogens with one attached hydrogen (secondary N) is 2. The summed E-state index contributed by atoms with van der Waals surface area (Å²) >= 11 is 4.98. The maximum atomic E-state index is 12.5. The van der Waals surface area contributed by atoms with Crippen molar-refractivity contribution in [2.75, 3.05) is 44.6 Å². The molecule has 0 bridgehead atoms. The third-order valence-corrected chi connectivity index (χ3v) is 6.48. The van der Waals surface area contributed by atoms with Crippen molar-refractivity contribution >= 4 is 39.4 Å². The topological polar surface area (TPSA) is 47.6 Å². The zero-order valence-corrected chi connectivity index (χ0v) is 21.6. The van der Waals surface area contributed by atoms with Gasteiger partial charge in [0.1, 0.15) is 5.83 Å². The molecular weight excluding hydrogens is 503 g/mol. The van der Waals surface area contributed by atoms with E-state index in [0.29, 0.717) is 6.54 Å². The summed E-state index contributed by atoms with van der Waals surface area (Å²) in [6.07, 6.45) is 7.95. The van der Waals surface area contributed by atoms with E-state index in [1.165, 1.54) is 11.8 Å². The number of hydrogen-bond donors (Lipinski definition) is 2.